The maximum Gasteiger partial charge on any atom is 0.268 e. The number of aliphatic hydroxyl groups is 1. The number of carbonyl (C=O) groups is 1. The van der Waals surface area contributed by atoms with Gasteiger partial charge in [0.05, 0.1) is 23.3 Å². The first-order valence-corrected chi connectivity index (χ1v) is 13.7. The van der Waals surface area contributed by atoms with Gasteiger partial charge in [-0.3, -0.25) is 0 Å². The summed E-state index contributed by atoms with van der Waals surface area (Å²) >= 11 is 0. The zero-order chi connectivity index (χ0) is 31.6. The third-order valence-corrected chi connectivity index (χ3v) is 7.77. The first-order valence-electron chi connectivity index (χ1n) is 13.7. The molecule has 12 heteroatoms. The van der Waals surface area contributed by atoms with E-state index in [1.54, 1.807) is 6.20 Å². The summed E-state index contributed by atoms with van der Waals surface area (Å²) in [4.78, 5) is 20.9. The summed E-state index contributed by atoms with van der Waals surface area (Å²) < 4.78 is 84.0. The second-order valence-electron chi connectivity index (χ2n) is 10.3. The first-order chi connectivity index (χ1) is 21.2. The molecule has 1 aliphatic rings. The summed E-state index contributed by atoms with van der Waals surface area (Å²) in [7, 11) is 1.00. The Morgan fingerprint density at radius 2 is 1.93 bits per heavy atom. The number of aromatic nitrogens is 3. The number of halogens is 5. The lowest BCUT2D eigenvalue weighted by Gasteiger charge is -2.36. The lowest BCUT2D eigenvalue weighted by atomic mass is 9.74. The molecule has 0 fully saturated rings. The highest BCUT2D eigenvalue weighted by atomic mass is 19.3. The van der Waals surface area contributed by atoms with Crippen LogP contribution in [0.2, 0.25) is 0 Å². The van der Waals surface area contributed by atoms with Crippen LogP contribution < -0.4 is 9.47 Å². The smallest absolute Gasteiger partial charge is 0.268 e. The number of aliphatic hydroxyl groups excluding tert-OH is 1. The minimum Gasteiger partial charge on any atom is -0.493 e. The lowest BCUT2D eigenvalue weighted by Crippen LogP contribution is -2.32. The monoisotopic (exact) mass is 613 g/mol. The molecule has 6 rings (SSSR count). The number of para-hydroxylation sites is 1. The van der Waals surface area contributed by atoms with E-state index in [9.17, 15) is 22.4 Å². The van der Waals surface area contributed by atoms with Crippen molar-refractivity contribution in [3.05, 3.63) is 94.7 Å². The number of nitrogens with one attached hydrogen (secondary N) is 2. The van der Waals surface area contributed by atoms with Crippen molar-refractivity contribution in [3.8, 4) is 28.6 Å². The molecule has 0 bridgehead atoms. The molecule has 0 spiro atoms. The van der Waals surface area contributed by atoms with Crippen LogP contribution in [0, 0.1) is 17.5 Å². The Morgan fingerprint density at radius 1 is 1.14 bits per heavy atom. The summed E-state index contributed by atoms with van der Waals surface area (Å²) in [5.74, 6) is -4.00. The normalized spacial score (nSPS) is 15.8. The number of aldehydes is 1. The Morgan fingerprint density at radius 3 is 2.68 bits per heavy atom. The number of nitrogens with zero attached hydrogens (tertiary/aromatic N) is 1. The van der Waals surface area contributed by atoms with Crippen molar-refractivity contribution >= 4 is 17.2 Å². The van der Waals surface area contributed by atoms with Gasteiger partial charge < -0.3 is 29.3 Å². The average molecular weight is 614 g/mol. The van der Waals surface area contributed by atoms with Gasteiger partial charge in [0.15, 0.2) is 11.6 Å². The van der Waals surface area contributed by atoms with Crippen LogP contribution in [0.1, 0.15) is 48.6 Å². The summed E-state index contributed by atoms with van der Waals surface area (Å²) in [6.45, 7) is 2.42. The van der Waals surface area contributed by atoms with E-state index < -0.39 is 46.1 Å². The van der Waals surface area contributed by atoms with E-state index in [0.717, 1.165) is 36.7 Å². The number of hydrogen-bond donors (Lipinski definition) is 3. The topological polar surface area (TPSA) is 100 Å². The molecule has 44 heavy (non-hydrogen) atoms. The molecule has 230 valence electrons. The number of aromatic amines is 2. The van der Waals surface area contributed by atoms with Crippen LogP contribution in [0.25, 0.3) is 22.3 Å². The Balaban J connectivity index is 0.00000188. The highest BCUT2D eigenvalue weighted by Gasteiger charge is 2.38. The average Bonchev–Trinajstić information content (AvgIpc) is 3.72. The molecule has 3 heterocycles. The maximum absolute atomic E-state index is 15.0. The summed E-state index contributed by atoms with van der Waals surface area (Å²) in [6.07, 6.45) is 1.96. The van der Waals surface area contributed by atoms with Crippen molar-refractivity contribution < 1.29 is 41.3 Å². The molecular formula is C32H28F5N3O4. The quantitative estimate of drug-likeness (QED) is 0.124. The molecule has 0 radical (unpaired) electrons. The van der Waals surface area contributed by atoms with Gasteiger partial charge in [0.2, 0.25) is 5.82 Å². The third-order valence-electron chi connectivity index (χ3n) is 7.77. The van der Waals surface area contributed by atoms with Crippen molar-refractivity contribution in [2.24, 2.45) is 0 Å². The zero-order valence-electron chi connectivity index (χ0n) is 23.7. The van der Waals surface area contributed by atoms with Crippen LogP contribution in [-0.2, 0) is 16.6 Å². The van der Waals surface area contributed by atoms with E-state index in [4.69, 9.17) is 14.6 Å². The zero-order valence-corrected chi connectivity index (χ0v) is 23.7. The molecule has 0 saturated carbocycles. The van der Waals surface area contributed by atoms with Crippen molar-refractivity contribution in [1.29, 1.82) is 0 Å². The van der Waals surface area contributed by atoms with Crippen LogP contribution in [0.3, 0.4) is 0 Å². The Bertz CT molecular complexity index is 1820. The maximum atomic E-state index is 15.0. The number of H-pyrrole nitrogens is 2. The van der Waals surface area contributed by atoms with E-state index >= 15 is 4.39 Å². The molecule has 5 aromatic rings. The van der Waals surface area contributed by atoms with Crippen LogP contribution in [-0.4, -0.2) is 40.1 Å². The predicted octanol–water partition coefficient (Wildman–Crippen LogP) is 7.53. The highest BCUT2D eigenvalue weighted by Crippen LogP contribution is 2.46. The van der Waals surface area contributed by atoms with Crippen LogP contribution in [0.15, 0.2) is 54.9 Å². The van der Waals surface area contributed by atoms with E-state index in [1.165, 1.54) is 18.3 Å². The van der Waals surface area contributed by atoms with Gasteiger partial charge in [-0.1, -0.05) is 18.2 Å². The second-order valence-corrected chi connectivity index (χ2v) is 10.3. The van der Waals surface area contributed by atoms with E-state index in [2.05, 4.69) is 15.0 Å². The molecule has 1 unspecified atom stereocenters. The molecule has 0 amide bonds. The van der Waals surface area contributed by atoms with Gasteiger partial charge >= 0.3 is 0 Å². The number of carbonyl (C=O) groups excluding carboxylic acids is 1. The van der Waals surface area contributed by atoms with Gasteiger partial charge in [0, 0.05) is 48.0 Å². The molecule has 0 aliphatic carbocycles. The largest absolute Gasteiger partial charge is 0.493 e. The first kappa shape index (κ1) is 30.7. The van der Waals surface area contributed by atoms with Gasteiger partial charge in [-0.25, -0.2) is 22.5 Å². The molecule has 3 N–H and O–H groups in total. The predicted molar refractivity (Wildman–Crippen MR) is 153 cm³/mol. The fourth-order valence-electron chi connectivity index (χ4n) is 5.52. The number of aryl methyl sites for hydroxylation is 1. The van der Waals surface area contributed by atoms with Crippen molar-refractivity contribution in [3.63, 3.8) is 0 Å². The van der Waals surface area contributed by atoms with Crippen molar-refractivity contribution in [2.45, 2.75) is 38.0 Å². The van der Waals surface area contributed by atoms with E-state index in [-0.39, 0.29) is 22.5 Å². The summed E-state index contributed by atoms with van der Waals surface area (Å²) in [5, 5.41) is 6.77. The summed E-state index contributed by atoms with van der Waals surface area (Å²) in [5.41, 5.74) is 0.599. The van der Waals surface area contributed by atoms with E-state index in [1.807, 2.05) is 25.1 Å². The lowest BCUT2D eigenvalue weighted by molar-refractivity contribution is -0.107. The van der Waals surface area contributed by atoms with Crippen LogP contribution in [0.5, 0.6) is 17.2 Å². The fraction of sp³-hybridized carbons (Fsp3) is 0.250. The SMILES string of the molecule is CC1(c2cnc(-c3cc(Oc4c(F)c(F)c5[nH]ccc5c4C(F)F)ccc3F)[nH]2)CCOc2c(CCC=O)cccc21.CO. The molecular weight excluding hydrogens is 585 g/mol. The Kier molecular flexibility index (Phi) is 8.73. The number of fused-ring (bicyclic) bond motifs is 2. The minimum atomic E-state index is -3.18. The Labute approximate surface area is 248 Å². The number of imidazole rings is 1. The molecule has 7 nitrogen and oxygen atoms in total. The van der Waals surface area contributed by atoms with Crippen LogP contribution in [0.4, 0.5) is 22.0 Å². The standard InChI is InChI=1S/C31H24F5N3O3.CH4O/c1-31(10-13-41-27-16(5-3-12-40)4-2-6-20(27)31)22-15-38-30(39-22)19-14-17(7-8-21(19)32)42-28-23(29(35)36)18-9-11-37-26(18)24(33)25(28)34;1-2/h2,4,6-9,11-12,14-15,29,37H,3,5,10,13H2,1H3,(H,38,39);2H,1H3. The number of alkyl halides is 2. The second kappa shape index (κ2) is 12.5. The van der Waals surface area contributed by atoms with Crippen molar-refractivity contribution in [2.75, 3.05) is 13.7 Å². The molecule has 1 aliphatic heterocycles. The molecule has 2 aromatic heterocycles. The van der Waals surface area contributed by atoms with Gasteiger partial charge in [-0.2, -0.15) is 4.39 Å². The molecule has 3 aromatic carbocycles. The van der Waals surface area contributed by atoms with Gasteiger partial charge in [-0.05, 0) is 49.6 Å². The Hall–Kier alpha value is -4.71. The minimum absolute atomic E-state index is 0.0587. The third kappa shape index (κ3) is 5.30. The fourth-order valence-corrected chi connectivity index (χ4v) is 5.52. The van der Waals surface area contributed by atoms with Gasteiger partial charge in [0.1, 0.15) is 29.4 Å². The number of benzene rings is 3. The highest BCUT2D eigenvalue weighted by molar-refractivity contribution is 5.86. The van der Waals surface area contributed by atoms with Gasteiger partial charge in [0.25, 0.3) is 6.43 Å². The molecule has 1 atom stereocenters. The number of hydrogen-bond acceptors (Lipinski definition) is 5. The van der Waals surface area contributed by atoms with Crippen molar-refractivity contribution in [1.82, 2.24) is 15.0 Å². The molecule has 0 saturated heterocycles. The van der Waals surface area contributed by atoms with Crippen LogP contribution >= 0.6 is 0 Å². The number of ether oxygens (including phenoxy) is 2. The van der Waals surface area contributed by atoms with Gasteiger partial charge in [-0.15, -0.1) is 0 Å². The summed E-state index contributed by atoms with van der Waals surface area (Å²) in [6, 6.07) is 10.3. The van der Waals surface area contributed by atoms with E-state index in [0.29, 0.717) is 37.3 Å². The number of rotatable bonds is 8.